The van der Waals surface area contributed by atoms with Crippen molar-refractivity contribution in [3.63, 3.8) is 0 Å². The number of benzene rings is 1. The minimum Gasteiger partial charge on any atom is -0.507 e. The average molecular weight is 477 g/mol. The van der Waals surface area contributed by atoms with Gasteiger partial charge in [-0.05, 0) is 64.5 Å². The maximum absolute atomic E-state index is 12.3. The number of hydrogen-bond acceptors (Lipinski definition) is 7. The molecule has 1 heterocycles. The van der Waals surface area contributed by atoms with E-state index in [2.05, 4.69) is 43.5 Å². The minimum atomic E-state index is -0.839. The lowest BCUT2D eigenvalue weighted by molar-refractivity contribution is -0.757. The van der Waals surface area contributed by atoms with E-state index in [0.29, 0.717) is 24.6 Å². The number of rotatable bonds is 14. The van der Waals surface area contributed by atoms with Crippen LogP contribution in [0.3, 0.4) is 0 Å². The van der Waals surface area contributed by atoms with Crippen molar-refractivity contribution in [1.29, 1.82) is 0 Å². The van der Waals surface area contributed by atoms with Crippen molar-refractivity contribution in [3.05, 3.63) is 45.0 Å². The van der Waals surface area contributed by atoms with E-state index in [-0.39, 0.29) is 24.8 Å². The molecule has 0 amide bonds. The van der Waals surface area contributed by atoms with Crippen LogP contribution in [0.15, 0.2) is 23.8 Å². The topological polar surface area (TPSA) is 102 Å². The quantitative estimate of drug-likeness (QED) is 0.0890. The zero-order chi connectivity index (χ0) is 25.1. The molecule has 1 aromatic carbocycles. The first-order valence-electron chi connectivity index (χ1n) is 12.5. The summed E-state index contributed by atoms with van der Waals surface area (Å²) in [5.74, 6) is 0.0602. The van der Waals surface area contributed by atoms with Gasteiger partial charge in [-0.2, -0.15) is 0 Å². The fourth-order valence-corrected chi connectivity index (χ4v) is 4.43. The van der Waals surface area contributed by atoms with Crippen LogP contribution in [0.5, 0.6) is 11.5 Å². The first-order valence-corrected chi connectivity index (χ1v) is 12.5. The van der Waals surface area contributed by atoms with E-state index in [1.165, 1.54) is 11.6 Å². The molecule has 0 radical (unpaired) electrons. The van der Waals surface area contributed by atoms with Gasteiger partial charge in [0.05, 0.1) is 12.6 Å². The number of phenolic OH excluding ortho intramolecular Hbond substituents is 1. The van der Waals surface area contributed by atoms with Crippen LogP contribution in [0.25, 0.3) is 0 Å². The van der Waals surface area contributed by atoms with Gasteiger partial charge in [-0.25, -0.2) is 0 Å². The number of hydrogen-bond donors (Lipinski definition) is 1. The van der Waals surface area contributed by atoms with Crippen LogP contribution in [0.1, 0.15) is 96.2 Å². The van der Waals surface area contributed by atoms with Crippen molar-refractivity contribution in [2.75, 3.05) is 13.2 Å². The van der Waals surface area contributed by atoms with Crippen LogP contribution in [-0.4, -0.2) is 40.3 Å². The average Bonchev–Trinajstić information content (AvgIpc) is 2.75. The molecule has 8 nitrogen and oxygen atoms in total. The highest BCUT2D eigenvalue weighted by Gasteiger charge is 2.29. The number of nitrogens with zero attached hydrogens (tertiary/aromatic N) is 2. The van der Waals surface area contributed by atoms with E-state index in [1.54, 1.807) is 0 Å². The van der Waals surface area contributed by atoms with Crippen molar-refractivity contribution >= 4 is 5.97 Å². The van der Waals surface area contributed by atoms with Gasteiger partial charge in [-0.3, -0.25) is 9.69 Å². The Hall–Kier alpha value is -2.61. The smallest absolute Gasteiger partial charge is 0.311 e. The third-order valence-electron chi connectivity index (χ3n) is 6.24. The molecule has 1 aliphatic rings. The lowest BCUT2D eigenvalue weighted by Crippen LogP contribution is -2.37. The second-order valence-electron chi connectivity index (χ2n) is 9.35. The number of ether oxygens (including phenoxy) is 1. The second kappa shape index (κ2) is 13.9. The molecule has 0 aliphatic carbocycles. The van der Waals surface area contributed by atoms with E-state index < -0.39 is 11.1 Å². The van der Waals surface area contributed by atoms with Crippen LogP contribution in [0.2, 0.25) is 0 Å². The van der Waals surface area contributed by atoms with Gasteiger partial charge in [0.15, 0.2) is 0 Å². The minimum absolute atomic E-state index is 0.0127. The molecule has 0 bridgehead atoms. The summed E-state index contributed by atoms with van der Waals surface area (Å²) in [4.78, 5) is 29.2. The van der Waals surface area contributed by atoms with Crippen LogP contribution >= 0.6 is 0 Å². The molecule has 0 aromatic heterocycles. The number of aryl methyl sites for hydroxylation is 1. The summed E-state index contributed by atoms with van der Waals surface area (Å²) in [6, 6.07) is 3.75. The molecule has 0 spiro atoms. The maximum Gasteiger partial charge on any atom is 0.311 e. The normalized spacial score (nSPS) is 16.4. The SMILES string of the molecule is CCCCCCc1cc(OC(=O)CCCCO[N+](=O)[O-])cc(O)c1C1C=C(C)CCN1C(C)C. The molecule has 1 atom stereocenters. The lowest BCUT2D eigenvalue weighted by Gasteiger charge is -2.38. The lowest BCUT2D eigenvalue weighted by atomic mass is 9.89. The summed E-state index contributed by atoms with van der Waals surface area (Å²) in [6.45, 7) is 9.56. The Bertz CT molecular complexity index is 852. The molecule has 2 rings (SSSR count). The third kappa shape index (κ3) is 8.63. The van der Waals surface area contributed by atoms with Crippen LogP contribution < -0.4 is 4.74 Å². The van der Waals surface area contributed by atoms with E-state index in [1.807, 2.05) is 6.07 Å². The summed E-state index contributed by atoms with van der Waals surface area (Å²) >= 11 is 0. The van der Waals surface area contributed by atoms with Crippen LogP contribution in [-0.2, 0) is 16.1 Å². The fraction of sp³-hybridized carbons (Fsp3) is 0.654. The van der Waals surface area contributed by atoms with Crippen molar-refractivity contribution in [1.82, 2.24) is 4.90 Å². The Balaban J connectivity index is 2.21. The van der Waals surface area contributed by atoms with Gasteiger partial charge in [0.2, 0.25) is 0 Å². The molecule has 1 aromatic rings. The molecule has 34 heavy (non-hydrogen) atoms. The molecular formula is C26H40N2O6. The maximum atomic E-state index is 12.3. The molecule has 0 saturated carbocycles. The number of carbonyl (C=O) groups is 1. The van der Waals surface area contributed by atoms with Crippen LogP contribution in [0, 0.1) is 10.1 Å². The van der Waals surface area contributed by atoms with Gasteiger partial charge in [0.1, 0.15) is 11.5 Å². The molecule has 1 unspecified atom stereocenters. The summed E-state index contributed by atoms with van der Waals surface area (Å²) in [5.41, 5.74) is 3.23. The Labute approximate surface area is 203 Å². The van der Waals surface area contributed by atoms with E-state index in [9.17, 15) is 20.0 Å². The zero-order valence-electron chi connectivity index (χ0n) is 21.0. The number of esters is 1. The van der Waals surface area contributed by atoms with E-state index in [4.69, 9.17) is 4.74 Å². The predicted molar refractivity (Wildman–Crippen MR) is 131 cm³/mol. The largest absolute Gasteiger partial charge is 0.507 e. The molecule has 8 heteroatoms. The first kappa shape index (κ1) is 27.6. The predicted octanol–water partition coefficient (Wildman–Crippen LogP) is 5.90. The van der Waals surface area contributed by atoms with Crippen LogP contribution in [0.4, 0.5) is 0 Å². The summed E-state index contributed by atoms with van der Waals surface area (Å²) in [7, 11) is 0. The highest BCUT2D eigenvalue weighted by atomic mass is 16.9. The zero-order valence-corrected chi connectivity index (χ0v) is 21.0. The van der Waals surface area contributed by atoms with E-state index in [0.717, 1.165) is 56.2 Å². The Morgan fingerprint density at radius 2 is 2.00 bits per heavy atom. The highest BCUT2D eigenvalue weighted by Crippen LogP contribution is 2.40. The molecule has 190 valence electrons. The van der Waals surface area contributed by atoms with Gasteiger partial charge in [-0.15, -0.1) is 10.1 Å². The van der Waals surface area contributed by atoms with Gasteiger partial charge < -0.3 is 14.7 Å². The summed E-state index contributed by atoms with van der Waals surface area (Å²) < 4.78 is 5.53. The molecular weight excluding hydrogens is 436 g/mol. The van der Waals surface area contributed by atoms with Gasteiger partial charge >= 0.3 is 5.97 Å². The van der Waals surface area contributed by atoms with E-state index >= 15 is 0 Å². The van der Waals surface area contributed by atoms with Gasteiger partial charge in [0.25, 0.3) is 5.09 Å². The van der Waals surface area contributed by atoms with Crippen molar-refractivity contribution in [3.8, 4) is 11.5 Å². The molecule has 1 N–H and O–H groups in total. The molecule has 0 fully saturated rings. The number of unbranched alkanes of at least 4 members (excludes halogenated alkanes) is 4. The number of aromatic hydroxyl groups is 1. The van der Waals surface area contributed by atoms with Crippen molar-refractivity contribution < 1.29 is 24.6 Å². The van der Waals surface area contributed by atoms with Gasteiger partial charge in [-0.1, -0.05) is 37.8 Å². The Morgan fingerprint density at radius 3 is 2.68 bits per heavy atom. The third-order valence-corrected chi connectivity index (χ3v) is 6.24. The highest BCUT2D eigenvalue weighted by molar-refractivity contribution is 5.72. The van der Waals surface area contributed by atoms with Crippen molar-refractivity contribution in [2.24, 2.45) is 0 Å². The second-order valence-corrected chi connectivity index (χ2v) is 9.35. The van der Waals surface area contributed by atoms with Crippen molar-refractivity contribution in [2.45, 2.75) is 97.6 Å². The monoisotopic (exact) mass is 476 g/mol. The standard InChI is InChI=1S/C26H40N2O6/c1-5-6-7-8-11-21-17-22(34-25(30)12-9-10-15-33-28(31)32)18-24(29)26(21)23-16-20(4)13-14-27(23)19(2)3/h16-19,23,29H,5-15H2,1-4H3. The first-order chi connectivity index (χ1) is 16.2. The number of carbonyl (C=O) groups excluding carboxylic acids is 1. The summed E-state index contributed by atoms with van der Waals surface area (Å²) in [6.07, 6.45) is 9.44. The Kier molecular flexibility index (Phi) is 11.3. The Morgan fingerprint density at radius 1 is 1.24 bits per heavy atom. The molecule has 0 saturated heterocycles. The number of phenols is 1. The molecule has 1 aliphatic heterocycles. The van der Waals surface area contributed by atoms with Gasteiger partial charge in [0, 0.05) is 30.6 Å². The summed E-state index contributed by atoms with van der Waals surface area (Å²) in [5, 5.41) is 20.4. The fourth-order valence-electron chi connectivity index (χ4n) is 4.43.